The maximum atomic E-state index is 12.7. The van der Waals surface area contributed by atoms with Crippen molar-refractivity contribution in [1.29, 1.82) is 0 Å². The van der Waals surface area contributed by atoms with E-state index in [0.717, 1.165) is 12.8 Å². The van der Waals surface area contributed by atoms with Gasteiger partial charge in [0.05, 0.1) is 5.69 Å². The first-order valence-electron chi connectivity index (χ1n) is 7.66. The van der Waals surface area contributed by atoms with Crippen LogP contribution in [0.25, 0.3) is 0 Å². The van der Waals surface area contributed by atoms with Crippen LogP contribution in [0.3, 0.4) is 0 Å². The molecule has 0 saturated heterocycles. The number of rotatable bonds is 5. The summed E-state index contributed by atoms with van der Waals surface area (Å²) in [6, 6.07) is 1.71. The summed E-state index contributed by atoms with van der Waals surface area (Å²) in [7, 11) is -3.54. The Bertz CT molecular complexity index is 574. The molecular formula is C15H25N3O2S. The number of anilines is 1. The third-order valence-electron chi connectivity index (χ3n) is 4.45. The molecule has 1 heterocycles. The van der Waals surface area contributed by atoms with E-state index >= 15 is 0 Å². The van der Waals surface area contributed by atoms with Gasteiger partial charge in [0.25, 0.3) is 0 Å². The maximum absolute atomic E-state index is 12.7. The summed E-state index contributed by atoms with van der Waals surface area (Å²) in [6.07, 6.45) is 6.17. The molecule has 118 valence electrons. The lowest BCUT2D eigenvalue weighted by Crippen LogP contribution is -2.43. The van der Waals surface area contributed by atoms with Gasteiger partial charge in [-0.1, -0.05) is 26.7 Å². The van der Waals surface area contributed by atoms with Crippen LogP contribution in [0.4, 0.5) is 5.69 Å². The fourth-order valence-electron chi connectivity index (χ4n) is 2.94. The highest BCUT2D eigenvalue weighted by molar-refractivity contribution is 7.89. The Balaban J connectivity index is 2.22. The van der Waals surface area contributed by atoms with E-state index in [0.29, 0.717) is 24.1 Å². The average Bonchev–Trinajstić information content (AvgIpc) is 2.44. The Labute approximate surface area is 127 Å². The van der Waals surface area contributed by atoms with Crippen LogP contribution in [-0.4, -0.2) is 26.0 Å². The van der Waals surface area contributed by atoms with E-state index in [1.165, 1.54) is 12.6 Å². The van der Waals surface area contributed by atoms with Crippen molar-refractivity contribution in [2.75, 3.05) is 11.9 Å². The minimum absolute atomic E-state index is 0.00781. The van der Waals surface area contributed by atoms with Crippen molar-refractivity contribution in [3.8, 4) is 0 Å². The minimum Gasteiger partial charge on any atom is -0.384 e. The van der Waals surface area contributed by atoms with E-state index < -0.39 is 10.0 Å². The van der Waals surface area contributed by atoms with Gasteiger partial charge in [0, 0.05) is 25.0 Å². The number of sulfonamides is 1. The summed E-state index contributed by atoms with van der Waals surface area (Å²) in [4.78, 5) is 4.20. The van der Waals surface area contributed by atoms with E-state index in [-0.39, 0.29) is 10.9 Å². The van der Waals surface area contributed by atoms with Crippen molar-refractivity contribution in [2.24, 2.45) is 11.8 Å². The Morgan fingerprint density at radius 2 is 2.10 bits per heavy atom. The number of hydrogen-bond donors (Lipinski definition) is 2. The van der Waals surface area contributed by atoms with E-state index in [1.807, 2.05) is 6.92 Å². The van der Waals surface area contributed by atoms with Gasteiger partial charge in [-0.05, 0) is 31.2 Å². The number of nitrogens with one attached hydrogen (secondary N) is 2. The first-order valence-corrected chi connectivity index (χ1v) is 9.14. The molecule has 5 nitrogen and oxygen atoms in total. The molecule has 2 N–H and O–H groups in total. The molecule has 1 aromatic rings. The highest BCUT2D eigenvalue weighted by Gasteiger charge is 2.31. The number of hydrogen-bond acceptors (Lipinski definition) is 4. The second-order valence-corrected chi connectivity index (χ2v) is 7.58. The fraction of sp³-hybridized carbons (Fsp3) is 0.667. The van der Waals surface area contributed by atoms with Crippen LogP contribution in [0.2, 0.25) is 0 Å². The Morgan fingerprint density at radius 3 is 2.81 bits per heavy atom. The molecule has 1 fully saturated rings. The molecule has 0 amide bonds. The summed E-state index contributed by atoms with van der Waals surface area (Å²) < 4.78 is 28.2. The average molecular weight is 311 g/mol. The molecule has 1 aromatic heterocycles. The third kappa shape index (κ3) is 3.74. The van der Waals surface area contributed by atoms with Crippen molar-refractivity contribution in [3.05, 3.63) is 18.5 Å². The second kappa shape index (κ2) is 6.75. The SMILES string of the molecule is CCNc1ccncc1S(=O)(=O)NC1CCCC(C)C1C. The number of nitrogens with zero attached hydrogens (tertiary/aromatic N) is 1. The van der Waals surface area contributed by atoms with Crippen LogP contribution in [0.1, 0.15) is 40.0 Å². The van der Waals surface area contributed by atoms with Crippen molar-refractivity contribution in [3.63, 3.8) is 0 Å². The summed E-state index contributed by atoms with van der Waals surface area (Å²) in [5, 5.41) is 3.08. The highest BCUT2D eigenvalue weighted by atomic mass is 32.2. The van der Waals surface area contributed by atoms with Gasteiger partial charge in [0.2, 0.25) is 10.0 Å². The first-order chi connectivity index (χ1) is 9.95. The van der Waals surface area contributed by atoms with Gasteiger partial charge in [-0.3, -0.25) is 4.98 Å². The van der Waals surface area contributed by atoms with Crippen LogP contribution in [0.15, 0.2) is 23.4 Å². The smallest absolute Gasteiger partial charge is 0.244 e. The van der Waals surface area contributed by atoms with Crippen LogP contribution >= 0.6 is 0 Å². The van der Waals surface area contributed by atoms with Gasteiger partial charge >= 0.3 is 0 Å². The van der Waals surface area contributed by atoms with Crippen molar-refractivity contribution < 1.29 is 8.42 Å². The van der Waals surface area contributed by atoms with E-state index in [4.69, 9.17) is 0 Å². The largest absolute Gasteiger partial charge is 0.384 e. The number of aromatic nitrogens is 1. The molecule has 0 spiro atoms. The fourth-order valence-corrected chi connectivity index (χ4v) is 4.43. The molecule has 0 aromatic carbocycles. The molecule has 0 radical (unpaired) electrons. The lowest BCUT2D eigenvalue weighted by atomic mass is 9.78. The zero-order valence-electron chi connectivity index (χ0n) is 13.0. The summed E-state index contributed by atoms with van der Waals surface area (Å²) in [5.74, 6) is 0.904. The van der Waals surface area contributed by atoms with Crippen LogP contribution in [0.5, 0.6) is 0 Å². The minimum atomic E-state index is -3.54. The monoisotopic (exact) mass is 311 g/mol. The summed E-state index contributed by atoms with van der Waals surface area (Å²) in [5.41, 5.74) is 0.608. The zero-order valence-corrected chi connectivity index (χ0v) is 13.8. The van der Waals surface area contributed by atoms with Gasteiger partial charge in [-0.25, -0.2) is 13.1 Å². The van der Waals surface area contributed by atoms with Crippen LogP contribution in [-0.2, 0) is 10.0 Å². The highest BCUT2D eigenvalue weighted by Crippen LogP contribution is 2.31. The van der Waals surface area contributed by atoms with Crippen LogP contribution in [0, 0.1) is 11.8 Å². The second-order valence-electron chi connectivity index (χ2n) is 5.90. The molecule has 3 atom stereocenters. The lowest BCUT2D eigenvalue weighted by molar-refractivity contribution is 0.227. The predicted octanol–water partition coefficient (Wildman–Crippen LogP) is 2.62. The normalized spacial score (nSPS) is 26.5. The van der Waals surface area contributed by atoms with Gasteiger partial charge in [-0.2, -0.15) is 0 Å². The van der Waals surface area contributed by atoms with E-state index in [1.54, 1.807) is 12.3 Å². The molecule has 1 saturated carbocycles. The van der Waals surface area contributed by atoms with Crippen LogP contribution < -0.4 is 10.0 Å². The predicted molar refractivity (Wildman–Crippen MR) is 84.7 cm³/mol. The molecular weight excluding hydrogens is 286 g/mol. The molecule has 0 bridgehead atoms. The van der Waals surface area contributed by atoms with Gasteiger partial charge in [0.1, 0.15) is 4.90 Å². The Morgan fingerprint density at radius 1 is 1.33 bits per heavy atom. The zero-order chi connectivity index (χ0) is 15.5. The molecule has 3 unspecified atom stereocenters. The third-order valence-corrected chi connectivity index (χ3v) is 5.97. The molecule has 6 heteroatoms. The van der Waals surface area contributed by atoms with Crippen molar-refractivity contribution in [1.82, 2.24) is 9.71 Å². The first kappa shape index (κ1) is 16.2. The Kier molecular flexibility index (Phi) is 5.22. The Hall–Kier alpha value is -1.14. The molecule has 21 heavy (non-hydrogen) atoms. The topological polar surface area (TPSA) is 71.1 Å². The lowest BCUT2D eigenvalue weighted by Gasteiger charge is -2.34. The van der Waals surface area contributed by atoms with Gasteiger partial charge in [-0.15, -0.1) is 0 Å². The van der Waals surface area contributed by atoms with Crippen molar-refractivity contribution in [2.45, 2.75) is 51.0 Å². The van der Waals surface area contributed by atoms with Gasteiger partial charge < -0.3 is 5.32 Å². The van der Waals surface area contributed by atoms with E-state index in [2.05, 4.69) is 28.9 Å². The van der Waals surface area contributed by atoms with Crippen molar-refractivity contribution >= 4 is 15.7 Å². The summed E-state index contributed by atoms with van der Waals surface area (Å²) in [6.45, 7) is 6.93. The summed E-state index contributed by atoms with van der Waals surface area (Å²) >= 11 is 0. The molecule has 1 aliphatic rings. The number of pyridine rings is 1. The standard InChI is InChI=1S/C15H25N3O2S/c1-4-17-14-8-9-16-10-15(14)21(19,20)18-13-7-5-6-11(2)12(13)3/h8-13,18H,4-7H2,1-3H3,(H,16,17). The van der Waals surface area contributed by atoms with Gasteiger partial charge in [0.15, 0.2) is 0 Å². The molecule has 2 rings (SSSR count). The maximum Gasteiger partial charge on any atom is 0.244 e. The molecule has 0 aliphatic heterocycles. The quantitative estimate of drug-likeness (QED) is 0.877. The molecule has 1 aliphatic carbocycles. The van der Waals surface area contributed by atoms with E-state index in [9.17, 15) is 8.42 Å².